The first-order valence-corrected chi connectivity index (χ1v) is 9.78. The third-order valence-corrected chi connectivity index (χ3v) is 5.20. The van der Waals surface area contributed by atoms with Gasteiger partial charge in [0.15, 0.2) is 5.76 Å². The molecule has 1 aromatic heterocycles. The summed E-state index contributed by atoms with van der Waals surface area (Å²) in [5.41, 5.74) is 6.54. The van der Waals surface area contributed by atoms with Crippen LogP contribution in [0.2, 0.25) is 0 Å². The Bertz CT molecular complexity index is 927. The number of nitrogens with one attached hydrogen (secondary N) is 2. The van der Waals surface area contributed by atoms with Crippen LogP contribution in [-0.4, -0.2) is 23.6 Å². The van der Waals surface area contributed by atoms with Gasteiger partial charge in [0.25, 0.3) is 11.8 Å². The summed E-state index contributed by atoms with van der Waals surface area (Å²) < 4.78 is 5.88. The summed E-state index contributed by atoms with van der Waals surface area (Å²) in [7, 11) is 0. The van der Waals surface area contributed by atoms with E-state index in [9.17, 15) is 9.59 Å². The second-order valence-corrected chi connectivity index (χ2v) is 7.31. The average Bonchev–Trinajstić information content (AvgIpc) is 3.03. The highest BCUT2D eigenvalue weighted by atomic mass is 16.4. The molecule has 3 rings (SSSR count). The molecule has 148 valence electrons. The molecule has 0 bridgehead atoms. The minimum absolute atomic E-state index is 0.0792. The van der Waals surface area contributed by atoms with E-state index in [1.165, 1.54) is 0 Å². The lowest BCUT2D eigenvalue weighted by Gasteiger charge is -2.13. The standard InChI is InChI=1S/C22H27N3O3/c1-5-14(3)23-22(27)20-15(4)19-17(11-8-12-18(19)28-20)24-25-21(26)16-10-7-6-9-13(16)2/h6-7,9-10,14H,5,8,11-12H2,1-4H3,(H,23,27)(H,25,26)/b24-17+. The zero-order chi connectivity index (χ0) is 20.3. The number of fused-ring (bicyclic) bond motifs is 1. The lowest BCUT2D eigenvalue weighted by molar-refractivity contribution is 0.0907. The van der Waals surface area contributed by atoms with Crippen LogP contribution in [0.4, 0.5) is 0 Å². The molecule has 0 saturated carbocycles. The van der Waals surface area contributed by atoms with Crippen molar-refractivity contribution in [3.05, 3.63) is 58.0 Å². The number of aryl methyl sites for hydroxylation is 2. The van der Waals surface area contributed by atoms with Crippen molar-refractivity contribution in [3.63, 3.8) is 0 Å². The molecular weight excluding hydrogens is 354 g/mol. The predicted molar refractivity (Wildman–Crippen MR) is 109 cm³/mol. The van der Waals surface area contributed by atoms with Crippen molar-refractivity contribution in [1.82, 2.24) is 10.7 Å². The number of carbonyl (C=O) groups is 2. The number of benzene rings is 1. The molecule has 2 amide bonds. The third kappa shape index (κ3) is 4.01. The molecule has 2 N–H and O–H groups in total. The van der Waals surface area contributed by atoms with E-state index in [1.54, 1.807) is 6.07 Å². The van der Waals surface area contributed by atoms with Gasteiger partial charge in [0.1, 0.15) is 5.76 Å². The van der Waals surface area contributed by atoms with Crippen LogP contribution in [0.5, 0.6) is 0 Å². The third-order valence-electron chi connectivity index (χ3n) is 5.20. The summed E-state index contributed by atoms with van der Waals surface area (Å²) in [4.78, 5) is 25.0. The molecule has 1 unspecified atom stereocenters. The molecular formula is C22H27N3O3. The smallest absolute Gasteiger partial charge is 0.287 e. The van der Waals surface area contributed by atoms with Gasteiger partial charge in [-0.1, -0.05) is 25.1 Å². The quantitative estimate of drug-likeness (QED) is 0.771. The molecule has 1 heterocycles. The Kier molecular flexibility index (Phi) is 5.97. The first-order chi connectivity index (χ1) is 13.4. The molecule has 6 nitrogen and oxygen atoms in total. The summed E-state index contributed by atoms with van der Waals surface area (Å²) in [6.07, 6.45) is 3.21. The highest BCUT2D eigenvalue weighted by Crippen LogP contribution is 2.30. The predicted octanol–water partition coefficient (Wildman–Crippen LogP) is 3.90. The van der Waals surface area contributed by atoms with Crippen LogP contribution in [-0.2, 0) is 6.42 Å². The summed E-state index contributed by atoms with van der Waals surface area (Å²) in [6.45, 7) is 7.75. The van der Waals surface area contributed by atoms with Crippen molar-refractivity contribution in [1.29, 1.82) is 0 Å². The maximum atomic E-state index is 12.5. The lowest BCUT2D eigenvalue weighted by Crippen LogP contribution is -2.32. The van der Waals surface area contributed by atoms with Gasteiger partial charge >= 0.3 is 0 Å². The molecule has 1 aliphatic carbocycles. The van der Waals surface area contributed by atoms with E-state index in [0.717, 1.165) is 53.8 Å². The van der Waals surface area contributed by atoms with Crippen molar-refractivity contribution < 1.29 is 14.0 Å². The SMILES string of the molecule is CCC(C)NC(=O)c1oc2c(c1C)/C(=N/NC(=O)c1ccccc1C)CCC2. The first kappa shape index (κ1) is 19.9. The lowest BCUT2D eigenvalue weighted by atomic mass is 9.93. The van der Waals surface area contributed by atoms with Crippen LogP contribution in [0.1, 0.15) is 76.5 Å². The van der Waals surface area contributed by atoms with Gasteiger partial charge in [-0.25, -0.2) is 5.43 Å². The number of hydrogen-bond acceptors (Lipinski definition) is 4. The molecule has 0 spiro atoms. The number of hydrazone groups is 1. The molecule has 6 heteroatoms. The Labute approximate surface area is 165 Å². The highest BCUT2D eigenvalue weighted by molar-refractivity contribution is 6.07. The van der Waals surface area contributed by atoms with Crippen LogP contribution in [0.15, 0.2) is 33.8 Å². The van der Waals surface area contributed by atoms with Crippen LogP contribution >= 0.6 is 0 Å². The van der Waals surface area contributed by atoms with E-state index in [0.29, 0.717) is 11.3 Å². The Morgan fingerprint density at radius 2 is 1.93 bits per heavy atom. The summed E-state index contributed by atoms with van der Waals surface area (Å²) in [5.74, 6) is 0.658. The van der Waals surface area contributed by atoms with Crippen molar-refractivity contribution in [2.75, 3.05) is 0 Å². The van der Waals surface area contributed by atoms with Crippen molar-refractivity contribution in [2.24, 2.45) is 5.10 Å². The number of rotatable bonds is 5. The van der Waals surface area contributed by atoms with Crippen molar-refractivity contribution in [2.45, 2.75) is 59.4 Å². The second kappa shape index (κ2) is 8.42. The number of hydrogen-bond donors (Lipinski definition) is 2. The van der Waals surface area contributed by atoms with Gasteiger partial charge in [-0.3, -0.25) is 9.59 Å². The highest BCUT2D eigenvalue weighted by Gasteiger charge is 2.28. The van der Waals surface area contributed by atoms with Gasteiger partial charge < -0.3 is 9.73 Å². The van der Waals surface area contributed by atoms with Crippen LogP contribution in [0.25, 0.3) is 0 Å². The fraction of sp³-hybridized carbons (Fsp3) is 0.409. The molecule has 0 radical (unpaired) electrons. The molecule has 1 aromatic carbocycles. The van der Waals surface area contributed by atoms with E-state index in [1.807, 2.05) is 45.9 Å². The van der Waals surface area contributed by atoms with E-state index in [2.05, 4.69) is 15.8 Å². The topological polar surface area (TPSA) is 83.7 Å². The number of furan rings is 1. The fourth-order valence-corrected chi connectivity index (χ4v) is 3.39. The summed E-state index contributed by atoms with van der Waals surface area (Å²) in [6, 6.07) is 7.47. The summed E-state index contributed by atoms with van der Waals surface area (Å²) in [5, 5.41) is 7.32. The zero-order valence-corrected chi connectivity index (χ0v) is 16.9. The molecule has 2 aromatic rings. The molecule has 1 aliphatic rings. The fourth-order valence-electron chi connectivity index (χ4n) is 3.39. The van der Waals surface area contributed by atoms with Crippen LogP contribution < -0.4 is 10.7 Å². The Morgan fingerprint density at radius 3 is 2.64 bits per heavy atom. The van der Waals surface area contributed by atoms with E-state index in [-0.39, 0.29) is 17.9 Å². The Balaban J connectivity index is 1.85. The first-order valence-electron chi connectivity index (χ1n) is 9.78. The minimum Gasteiger partial charge on any atom is -0.455 e. The maximum absolute atomic E-state index is 12.5. The van der Waals surface area contributed by atoms with Gasteiger partial charge in [0.2, 0.25) is 0 Å². The molecule has 0 saturated heterocycles. The van der Waals surface area contributed by atoms with E-state index < -0.39 is 0 Å². The van der Waals surface area contributed by atoms with Crippen molar-refractivity contribution in [3.8, 4) is 0 Å². The molecule has 1 atom stereocenters. The Hall–Kier alpha value is -2.89. The van der Waals surface area contributed by atoms with Gasteiger partial charge in [0.05, 0.1) is 5.71 Å². The molecule has 28 heavy (non-hydrogen) atoms. The van der Waals surface area contributed by atoms with Crippen molar-refractivity contribution >= 4 is 17.5 Å². The zero-order valence-electron chi connectivity index (χ0n) is 16.9. The van der Waals surface area contributed by atoms with Gasteiger partial charge in [-0.05, 0) is 51.7 Å². The monoisotopic (exact) mass is 381 g/mol. The second-order valence-electron chi connectivity index (χ2n) is 7.31. The van der Waals surface area contributed by atoms with Gasteiger partial charge in [-0.2, -0.15) is 5.10 Å². The maximum Gasteiger partial charge on any atom is 0.287 e. The molecule has 0 aliphatic heterocycles. The van der Waals surface area contributed by atoms with E-state index in [4.69, 9.17) is 4.42 Å². The van der Waals surface area contributed by atoms with Gasteiger partial charge in [-0.15, -0.1) is 0 Å². The number of nitrogens with zero attached hydrogens (tertiary/aromatic N) is 1. The normalized spacial score (nSPS) is 15.8. The van der Waals surface area contributed by atoms with Crippen LogP contribution in [0, 0.1) is 13.8 Å². The van der Waals surface area contributed by atoms with Gasteiger partial charge in [0, 0.05) is 29.2 Å². The minimum atomic E-state index is -0.242. The number of amides is 2. The number of carbonyl (C=O) groups excluding carboxylic acids is 2. The van der Waals surface area contributed by atoms with Crippen LogP contribution in [0.3, 0.4) is 0 Å². The largest absolute Gasteiger partial charge is 0.455 e. The average molecular weight is 381 g/mol. The summed E-state index contributed by atoms with van der Waals surface area (Å²) >= 11 is 0. The molecule has 0 fully saturated rings. The Morgan fingerprint density at radius 1 is 1.18 bits per heavy atom. The van der Waals surface area contributed by atoms with E-state index >= 15 is 0 Å².